The van der Waals surface area contributed by atoms with Gasteiger partial charge in [0.2, 0.25) is 0 Å². The maximum Gasteiger partial charge on any atom is 0.358 e. The van der Waals surface area contributed by atoms with Crippen LogP contribution in [-0.4, -0.2) is 17.6 Å². The summed E-state index contributed by atoms with van der Waals surface area (Å²) in [6.07, 6.45) is 9.10. The number of carbonyl (C=O) groups excluding carboxylic acids is 1. The van der Waals surface area contributed by atoms with Crippen LogP contribution in [0.3, 0.4) is 0 Å². The number of rotatable bonds is 11. The molecule has 0 amide bonds. The Hall–Kier alpha value is -1.85. The first kappa shape index (κ1) is 23.4. The Bertz CT molecular complexity index is 813. The molecule has 158 valence electrons. The predicted octanol–water partition coefficient (Wildman–Crippen LogP) is 7.07. The Morgan fingerprint density at radius 1 is 1.03 bits per heavy atom. The number of unbranched alkanes of at least 4 members (excludes halogenated alkanes) is 7. The molecule has 0 saturated carbocycles. The number of halogens is 3. The van der Waals surface area contributed by atoms with Gasteiger partial charge in [0.25, 0.3) is 0 Å². The quantitative estimate of drug-likeness (QED) is 0.299. The highest BCUT2D eigenvalue weighted by Crippen LogP contribution is 2.32. The molecule has 0 saturated heterocycles. The molecule has 2 rings (SSSR count). The van der Waals surface area contributed by atoms with Crippen molar-refractivity contribution >= 4 is 34.9 Å². The lowest BCUT2D eigenvalue weighted by atomic mass is 10.1. The van der Waals surface area contributed by atoms with Gasteiger partial charge in [0.1, 0.15) is 5.69 Å². The van der Waals surface area contributed by atoms with Crippen molar-refractivity contribution in [2.75, 3.05) is 12.3 Å². The minimum atomic E-state index is -0.781. The number of benzene rings is 1. The number of esters is 1. The molecule has 1 aromatic heterocycles. The van der Waals surface area contributed by atoms with E-state index in [9.17, 15) is 9.18 Å². The molecule has 0 radical (unpaired) electrons. The zero-order valence-electron chi connectivity index (χ0n) is 16.6. The van der Waals surface area contributed by atoms with Gasteiger partial charge in [-0.3, -0.25) is 0 Å². The molecule has 0 unspecified atom stereocenters. The fraction of sp³-hybridized carbons (Fsp3) is 0.455. The van der Waals surface area contributed by atoms with Crippen molar-refractivity contribution < 1.29 is 13.9 Å². The molecule has 2 aromatic rings. The van der Waals surface area contributed by atoms with Crippen LogP contribution in [-0.2, 0) is 4.74 Å². The first-order chi connectivity index (χ1) is 14.0. The van der Waals surface area contributed by atoms with Crippen molar-refractivity contribution in [3.05, 3.63) is 45.8 Å². The highest BCUT2D eigenvalue weighted by Gasteiger charge is 2.23. The van der Waals surface area contributed by atoms with Crippen LogP contribution in [0.25, 0.3) is 11.3 Å². The zero-order valence-corrected chi connectivity index (χ0v) is 18.2. The van der Waals surface area contributed by atoms with Crippen molar-refractivity contribution in [1.29, 1.82) is 0 Å². The molecule has 4 nitrogen and oxygen atoms in total. The van der Waals surface area contributed by atoms with Crippen LogP contribution in [0.4, 0.5) is 10.1 Å². The number of ether oxygens (including phenoxy) is 1. The predicted molar refractivity (Wildman–Crippen MR) is 117 cm³/mol. The molecular formula is C22H27Cl2FN2O2. The molecule has 1 heterocycles. The molecule has 0 aliphatic carbocycles. The smallest absolute Gasteiger partial charge is 0.358 e. The lowest BCUT2D eigenvalue weighted by Crippen LogP contribution is -2.12. The third-order valence-electron chi connectivity index (χ3n) is 4.65. The number of nitrogen functional groups attached to an aromatic ring is 1. The summed E-state index contributed by atoms with van der Waals surface area (Å²) < 4.78 is 19.8. The average molecular weight is 441 g/mol. The third-order valence-corrected chi connectivity index (χ3v) is 5.29. The summed E-state index contributed by atoms with van der Waals surface area (Å²) in [4.78, 5) is 16.5. The Morgan fingerprint density at radius 2 is 1.62 bits per heavy atom. The lowest BCUT2D eigenvalue weighted by Gasteiger charge is -2.11. The molecule has 0 aliphatic rings. The number of pyridine rings is 1. The second-order valence-corrected chi connectivity index (χ2v) is 7.78. The molecule has 1 aromatic carbocycles. The van der Waals surface area contributed by atoms with Crippen LogP contribution in [0.1, 0.15) is 68.8 Å². The molecule has 2 N–H and O–H groups in total. The average Bonchev–Trinajstić information content (AvgIpc) is 2.72. The van der Waals surface area contributed by atoms with Crippen molar-refractivity contribution in [2.24, 2.45) is 0 Å². The van der Waals surface area contributed by atoms with Crippen molar-refractivity contribution in [3.8, 4) is 11.3 Å². The van der Waals surface area contributed by atoms with E-state index in [1.807, 2.05) is 0 Å². The standard InChI is InChI=1S/C22H27Cl2FN2O2/c1-2-3-4-5-6-7-8-9-14-29-22(28)21-17(24)19(26)18(25)20(27-21)15-10-12-16(23)13-11-15/h10-13H,2-9,14H2,1H3,(H2,26,27). The summed E-state index contributed by atoms with van der Waals surface area (Å²) >= 11 is 11.9. The summed E-state index contributed by atoms with van der Waals surface area (Å²) in [6, 6.07) is 6.39. The fourth-order valence-electron chi connectivity index (χ4n) is 2.96. The van der Waals surface area contributed by atoms with Crippen LogP contribution in [0.5, 0.6) is 0 Å². The van der Waals surface area contributed by atoms with Gasteiger partial charge < -0.3 is 10.5 Å². The van der Waals surface area contributed by atoms with Gasteiger partial charge in [0, 0.05) is 10.6 Å². The molecule has 0 fully saturated rings. The second-order valence-electron chi connectivity index (χ2n) is 6.97. The molecule has 7 heteroatoms. The van der Waals surface area contributed by atoms with E-state index in [1.165, 1.54) is 32.1 Å². The Labute approximate surface area is 181 Å². The fourth-order valence-corrected chi connectivity index (χ4v) is 3.29. The number of carbonyl (C=O) groups is 1. The Kier molecular flexibility index (Phi) is 9.68. The first-order valence-corrected chi connectivity index (χ1v) is 10.8. The van der Waals surface area contributed by atoms with Crippen LogP contribution in [0.15, 0.2) is 24.3 Å². The van der Waals surface area contributed by atoms with Crippen LogP contribution in [0.2, 0.25) is 10.0 Å². The van der Waals surface area contributed by atoms with Gasteiger partial charge in [-0.1, -0.05) is 87.2 Å². The summed E-state index contributed by atoms with van der Waals surface area (Å²) in [5.74, 6) is -1.49. The number of hydrogen-bond acceptors (Lipinski definition) is 4. The van der Waals surface area contributed by atoms with E-state index in [4.69, 9.17) is 33.7 Å². The number of hydrogen-bond donors (Lipinski definition) is 1. The van der Waals surface area contributed by atoms with Crippen LogP contribution < -0.4 is 5.73 Å². The largest absolute Gasteiger partial charge is 0.461 e. The van der Waals surface area contributed by atoms with Gasteiger partial charge >= 0.3 is 5.97 Å². The van der Waals surface area contributed by atoms with Gasteiger partial charge in [-0.05, 0) is 18.6 Å². The van der Waals surface area contributed by atoms with Crippen molar-refractivity contribution in [2.45, 2.75) is 58.3 Å². The highest BCUT2D eigenvalue weighted by molar-refractivity contribution is 6.35. The summed E-state index contributed by atoms with van der Waals surface area (Å²) in [5.41, 5.74) is 5.61. The normalized spacial score (nSPS) is 10.9. The SMILES string of the molecule is CCCCCCCCCCOC(=O)c1nc(-c2ccc(Cl)cc2)c(F)c(N)c1Cl. The maximum atomic E-state index is 14.5. The zero-order chi connectivity index (χ0) is 21.2. The minimum Gasteiger partial charge on any atom is -0.461 e. The molecule has 0 spiro atoms. The van der Waals surface area contributed by atoms with Gasteiger partial charge in [-0.2, -0.15) is 0 Å². The lowest BCUT2D eigenvalue weighted by molar-refractivity contribution is 0.0491. The van der Waals surface area contributed by atoms with E-state index in [0.717, 1.165) is 19.3 Å². The van der Waals surface area contributed by atoms with E-state index >= 15 is 0 Å². The summed E-state index contributed by atoms with van der Waals surface area (Å²) in [5, 5.41) is 0.266. The summed E-state index contributed by atoms with van der Waals surface area (Å²) in [7, 11) is 0. The molecule has 0 bridgehead atoms. The third kappa shape index (κ3) is 6.86. The van der Waals surface area contributed by atoms with E-state index in [0.29, 0.717) is 10.6 Å². The van der Waals surface area contributed by atoms with E-state index in [-0.39, 0.29) is 28.7 Å². The Morgan fingerprint density at radius 3 is 2.24 bits per heavy atom. The molecule has 0 atom stereocenters. The number of nitrogens with two attached hydrogens (primary N) is 1. The minimum absolute atomic E-state index is 0.0670. The molecule has 0 aliphatic heterocycles. The number of nitrogens with zero attached hydrogens (tertiary/aromatic N) is 1. The van der Waals surface area contributed by atoms with Gasteiger partial charge in [-0.25, -0.2) is 14.2 Å². The number of anilines is 1. The molecular weight excluding hydrogens is 414 g/mol. The van der Waals surface area contributed by atoms with Crippen molar-refractivity contribution in [1.82, 2.24) is 4.98 Å². The first-order valence-electron chi connectivity index (χ1n) is 10.0. The second kappa shape index (κ2) is 12.0. The van der Waals surface area contributed by atoms with Crippen molar-refractivity contribution in [3.63, 3.8) is 0 Å². The van der Waals surface area contributed by atoms with Crippen LogP contribution >= 0.6 is 23.2 Å². The maximum absolute atomic E-state index is 14.5. The van der Waals surface area contributed by atoms with E-state index < -0.39 is 11.8 Å². The van der Waals surface area contributed by atoms with Gasteiger partial charge in [0.15, 0.2) is 11.5 Å². The van der Waals surface area contributed by atoms with E-state index in [1.54, 1.807) is 24.3 Å². The van der Waals surface area contributed by atoms with Gasteiger partial charge in [-0.15, -0.1) is 0 Å². The topological polar surface area (TPSA) is 65.2 Å². The monoisotopic (exact) mass is 440 g/mol. The summed E-state index contributed by atoms with van der Waals surface area (Å²) in [6.45, 7) is 2.46. The van der Waals surface area contributed by atoms with Gasteiger partial charge in [0.05, 0.1) is 17.3 Å². The van der Waals surface area contributed by atoms with E-state index in [2.05, 4.69) is 11.9 Å². The molecule has 29 heavy (non-hydrogen) atoms. The highest BCUT2D eigenvalue weighted by atomic mass is 35.5. The number of aromatic nitrogens is 1. The Balaban J connectivity index is 1.95. The van der Waals surface area contributed by atoms with Crippen LogP contribution in [0, 0.1) is 5.82 Å².